The zero-order valence-electron chi connectivity index (χ0n) is 12.0. The Balaban J connectivity index is 2.29. The number of benzene rings is 1. The summed E-state index contributed by atoms with van der Waals surface area (Å²) in [6.45, 7) is 8.03. The molecule has 1 fully saturated rings. The maximum Gasteiger partial charge on any atom is 0.335 e. The molecule has 1 aliphatic rings. The topological polar surface area (TPSA) is 83.5 Å². The van der Waals surface area contributed by atoms with E-state index in [0.717, 1.165) is 0 Å². The van der Waals surface area contributed by atoms with Crippen LogP contribution in [0.1, 0.15) is 38.1 Å². The number of carboxylic acids is 1. The summed E-state index contributed by atoms with van der Waals surface area (Å²) in [5, 5.41) is 8.92. The van der Waals surface area contributed by atoms with E-state index in [1.807, 2.05) is 27.7 Å². The van der Waals surface area contributed by atoms with Crippen LogP contribution in [-0.2, 0) is 10.0 Å². The van der Waals surface area contributed by atoms with Crippen molar-refractivity contribution in [2.45, 2.75) is 38.6 Å². The molecule has 0 unspecified atom stereocenters. The van der Waals surface area contributed by atoms with Crippen molar-refractivity contribution in [1.29, 1.82) is 0 Å². The quantitative estimate of drug-likeness (QED) is 0.891. The smallest absolute Gasteiger partial charge is 0.335 e. The Kier molecular flexibility index (Phi) is 3.22. The molecule has 110 valence electrons. The van der Waals surface area contributed by atoms with Crippen molar-refractivity contribution in [2.24, 2.45) is 10.8 Å². The zero-order valence-corrected chi connectivity index (χ0v) is 12.8. The molecule has 1 aromatic rings. The van der Waals surface area contributed by atoms with Crippen LogP contribution < -0.4 is 4.72 Å². The van der Waals surface area contributed by atoms with Gasteiger partial charge in [-0.05, 0) is 29.0 Å². The van der Waals surface area contributed by atoms with E-state index >= 15 is 0 Å². The molecule has 0 radical (unpaired) electrons. The van der Waals surface area contributed by atoms with Crippen LogP contribution in [0.5, 0.6) is 0 Å². The van der Waals surface area contributed by atoms with E-state index in [-0.39, 0.29) is 27.3 Å². The summed E-state index contributed by atoms with van der Waals surface area (Å²) < 4.78 is 27.3. The van der Waals surface area contributed by atoms with E-state index in [2.05, 4.69) is 4.72 Å². The highest BCUT2D eigenvalue weighted by atomic mass is 32.2. The third-order valence-corrected chi connectivity index (χ3v) is 6.11. The molecule has 0 atom stereocenters. The van der Waals surface area contributed by atoms with Gasteiger partial charge in [0.1, 0.15) is 0 Å². The van der Waals surface area contributed by atoms with Gasteiger partial charge in [0.25, 0.3) is 0 Å². The highest BCUT2D eigenvalue weighted by Crippen LogP contribution is 2.62. The SMILES string of the molecule is CC1(C)C(NS(=O)(=O)c2cccc(C(=O)O)c2)C1(C)C. The molecule has 0 spiro atoms. The second-order valence-corrected chi connectivity index (χ2v) is 8.04. The molecule has 0 saturated heterocycles. The van der Waals surface area contributed by atoms with Gasteiger partial charge in [0.05, 0.1) is 10.5 Å². The average Bonchev–Trinajstić information content (AvgIpc) is 2.71. The zero-order chi connectivity index (χ0) is 15.3. The summed E-state index contributed by atoms with van der Waals surface area (Å²) in [6, 6.07) is 5.21. The van der Waals surface area contributed by atoms with Crippen LogP contribution in [-0.4, -0.2) is 25.5 Å². The third-order valence-electron chi connectivity index (χ3n) is 4.69. The van der Waals surface area contributed by atoms with Gasteiger partial charge in [-0.3, -0.25) is 0 Å². The lowest BCUT2D eigenvalue weighted by atomic mass is 10.0. The van der Waals surface area contributed by atoms with Gasteiger partial charge in [0, 0.05) is 6.04 Å². The lowest BCUT2D eigenvalue weighted by Crippen LogP contribution is -2.30. The molecule has 2 N–H and O–H groups in total. The fourth-order valence-corrected chi connectivity index (χ4v) is 4.09. The molecule has 0 amide bonds. The molecule has 0 bridgehead atoms. The maximum absolute atomic E-state index is 12.3. The summed E-state index contributed by atoms with van der Waals surface area (Å²) in [5.74, 6) is -1.14. The second-order valence-electron chi connectivity index (χ2n) is 6.33. The van der Waals surface area contributed by atoms with Crippen LogP contribution in [0, 0.1) is 10.8 Å². The van der Waals surface area contributed by atoms with Crippen LogP contribution in [0.4, 0.5) is 0 Å². The largest absolute Gasteiger partial charge is 0.478 e. The molecule has 1 aliphatic carbocycles. The molecule has 0 aliphatic heterocycles. The molecular weight excluding hydrogens is 278 g/mol. The van der Waals surface area contributed by atoms with E-state index < -0.39 is 16.0 Å². The first kappa shape index (κ1) is 15.0. The number of carboxylic acid groups (broad SMARTS) is 1. The highest BCUT2D eigenvalue weighted by molar-refractivity contribution is 7.89. The average molecular weight is 297 g/mol. The minimum Gasteiger partial charge on any atom is -0.478 e. The van der Waals surface area contributed by atoms with Gasteiger partial charge < -0.3 is 5.11 Å². The minimum absolute atomic E-state index is 0.0177. The van der Waals surface area contributed by atoms with E-state index in [1.165, 1.54) is 24.3 Å². The first-order valence-electron chi connectivity index (χ1n) is 6.36. The Bertz CT molecular complexity index is 648. The molecule has 5 nitrogen and oxygen atoms in total. The van der Waals surface area contributed by atoms with Crippen molar-refractivity contribution in [2.75, 3.05) is 0 Å². The number of sulfonamides is 1. The summed E-state index contributed by atoms with van der Waals surface area (Å²) in [7, 11) is -3.71. The molecule has 6 heteroatoms. The van der Waals surface area contributed by atoms with Crippen LogP contribution in [0.25, 0.3) is 0 Å². The number of nitrogens with one attached hydrogen (secondary N) is 1. The molecule has 2 rings (SSSR count). The highest BCUT2D eigenvalue weighted by Gasteiger charge is 2.66. The van der Waals surface area contributed by atoms with Gasteiger partial charge in [-0.15, -0.1) is 0 Å². The van der Waals surface area contributed by atoms with Gasteiger partial charge in [0.2, 0.25) is 10.0 Å². The van der Waals surface area contributed by atoms with Crippen molar-refractivity contribution in [3.63, 3.8) is 0 Å². The second kappa shape index (κ2) is 4.30. The Morgan fingerprint density at radius 1 is 1.20 bits per heavy atom. The minimum atomic E-state index is -3.71. The fraction of sp³-hybridized carbons (Fsp3) is 0.500. The number of aromatic carboxylic acids is 1. The number of rotatable bonds is 4. The molecule has 20 heavy (non-hydrogen) atoms. The van der Waals surface area contributed by atoms with Crippen molar-refractivity contribution < 1.29 is 18.3 Å². The molecule has 0 heterocycles. The Hall–Kier alpha value is -1.40. The van der Waals surface area contributed by atoms with Crippen LogP contribution in [0.2, 0.25) is 0 Å². The standard InChI is InChI=1S/C14H19NO4S/c1-13(2)12(14(13,3)4)15-20(18,19)10-7-5-6-9(8-10)11(16)17/h5-8,12,15H,1-4H3,(H,16,17). The Labute approximate surface area is 119 Å². The van der Waals surface area contributed by atoms with Gasteiger partial charge in [-0.25, -0.2) is 17.9 Å². The van der Waals surface area contributed by atoms with Crippen LogP contribution >= 0.6 is 0 Å². The molecule has 0 aromatic heterocycles. The Morgan fingerprint density at radius 3 is 2.20 bits per heavy atom. The summed E-state index contributed by atoms with van der Waals surface area (Å²) in [4.78, 5) is 10.9. The molecular formula is C14H19NO4S. The number of hydrogen-bond donors (Lipinski definition) is 2. The number of carbonyl (C=O) groups is 1. The lowest BCUT2D eigenvalue weighted by molar-refractivity contribution is 0.0696. The van der Waals surface area contributed by atoms with Gasteiger partial charge in [-0.2, -0.15) is 0 Å². The molecule has 1 aromatic carbocycles. The third kappa shape index (κ3) is 2.23. The first-order chi connectivity index (χ1) is 9.00. The van der Waals surface area contributed by atoms with Gasteiger partial charge in [-0.1, -0.05) is 33.8 Å². The van der Waals surface area contributed by atoms with Crippen molar-refractivity contribution in [1.82, 2.24) is 4.72 Å². The Morgan fingerprint density at radius 2 is 1.75 bits per heavy atom. The summed E-state index contributed by atoms with van der Waals surface area (Å²) in [6.07, 6.45) is 0. The normalized spacial score (nSPS) is 20.6. The van der Waals surface area contributed by atoms with E-state index in [1.54, 1.807) is 0 Å². The van der Waals surface area contributed by atoms with E-state index in [0.29, 0.717) is 0 Å². The lowest BCUT2D eigenvalue weighted by Gasteiger charge is -2.08. The van der Waals surface area contributed by atoms with Crippen molar-refractivity contribution >= 4 is 16.0 Å². The molecule has 1 saturated carbocycles. The fourth-order valence-electron chi connectivity index (χ4n) is 2.51. The van der Waals surface area contributed by atoms with E-state index in [4.69, 9.17) is 5.11 Å². The summed E-state index contributed by atoms with van der Waals surface area (Å²) in [5.41, 5.74) is -0.281. The summed E-state index contributed by atoms with van der Waals surface area (Å²) >= 11 is 0. The number of hydrogen-bond acceptors (Lipinski definition) is 3. The van der Waals surface area contributed by atoms with Crippen LogP contribution in [0.3, 0.4) is 0 Å². The predicted octanol–water partition coefficient (Wildman–Crippen LogP) is 2.10. The maximum atomic E-state index is 12.3. The predicted molar refractivity (Wildman–Crippen MR) is 75.1 cm³/mol. The van der Waals surface area contributed by atoms with E-state index in [9.17, 15) is 13.2 Å². The van der Waals surface area contributed by atoms with Gasteiger partial charge in [0.15, 0.2) is 0 Å². The monoisotopic (exact) mass is 297 g/mol. The van der Waals surface area contributed by atoms with Crippen molar-refractivity contribution in [3.8, 4) is 0 Å². The van der Waals surface area contributed by atoms with Crippen LogP contribution in [0.15, 0.2) is 29.2 Å². The van der Waals surface area contributed by atoms with Crippen molar-refractivity contribution in [3.05, 3.63) is 29.8 Å². The van der Waals surface area contributed by atoms with Gasteiger partial charge >= 0.3 is 5.97 Å². The first-order valence-corrected chi connectivity index (χ1v) is 7.84.